The van der Waals surface area contributed by atoms with Crippen LogP contribution in [0.4, 0.5) is 0 Å². The van der Waals surface area contributed by atoms with Crippen molar-refractivity contribution < 1.29 is 4.79 Å². The Kier molecular flexibility index (Phi) is 3.13. The van der Waals surface area contributed by atoms with E-state index in [-0.39, 0.29) is 5.91 Å². The fraction of sp³-hybridized carbons (Fsp3) is 0.529. The van der Waals surface area contributed by atoms with Crippen LogP contribution in [-0.2, 0) is 12.8 Å². The highest BCUT2D eigenvalue weighted by atomic mass is 32.1. The Labute approximate surface area is 143 Å². The van der Waals surface area contributed by atoms with E-state index in [1.54, 1.807) is 15.9 Å². The van der Waals surface area contributed by atoms with E-state index in [0.717, 1.165) is 60.5 Å². The third-order valence-electron chi connectivity index (χ3n) is 5.14. The molecule has 0 radical (unpaired) electrons. The summed E-state index contributed by atoms with van der Waals surface area (Å²) in [4.78, 5) is 26.4. The molecule has 1 aliphatic heterocycles. The number of hydrogen-bond acceptors (Lipinski definition) is 5. The van der Waals surface area contributed by atoms with Crippen LogP contribution in [0.1, 0.15) is 52.6 Å². The molecule has 0 unspecified atom stereocenters. The van der Waals surface area contributed by atoms with Gasteiger partial charge in [-0.15, -0.1) is 16.4 Å². The molecule has 0 saturated carbocycles. The smallest absolute Gasteiger partial charge is 0.293 e. The quantitative estimate of drug-likeness (QED) is 0.683. The van der Waals surface area contributed by atoms with Crippen LogP contribution in [0.25, 0.3) is 15.9 Å². The van der Waals surface area contributed by atoms with Crippen LogP contribution < -0.4 is 0 Å². The predicted octanol–water partition coefficient (Wildman–Crippen LogP) is 2.76. The van der Waals surface area contributed by atoms with E-state index < -0.39 is 0 Å². The van der Waals surface area contributed by atoms with Gasteiger partial charge in [0, 0.05) is 18.0 Å². The Bertz CT molecular complexity index is 967. The minimum Gasteiger partial charge on any atom is -0.336 e. The second-order valence-electron chi connectivity index (χ2n) is 6.72. The van der Waals surface area contributed by atoms with Crippen molar-refractivity contribution in [2.45, 2.75) is 45.4 Å². The van der Waals surface area contributed by atoms with Crippen molar-refractivity contribution in [3.8, 4) is 0 Å². The van der Waals surface area contributed by atoms with Gasteiger partial charge in [-0.1, -0.05) is 0 Å². The number of carbonyl (C=O) groups excluding carboxylic acids is 1. The predicted molar refractivity (Wildman–Crippen MR) is 92.7 cm³/mol. The first-order chi connectivity index (χ1) is 11.7. The van der Waals surface area contributed by atoms with E-state index in [9.17, 15) is 4.79 Å². The molecule has 2 aliphatic rings. The SMILES string of the molecule is Cc1nc2sc3c(c2c2nc(C(=O)N4CCCC4)nn12)CCCC3. The number of likely N-dealkylation sites (tertiary alicyclic amines) is 1. The van der Waals surface area contributed by atoms with E-state index >= 15 is 0 Å². The molecule has 6 nitrogen and oxygen atoms in total. The van der Waals surface area contributed by atoms with Crippen LogP contribution in [0.3, 0.4) is 0 Å². The molecule has 124 valence electrons. The van der Waals surface area contributed by atoms with Gasteiger partial charge in [-0.25, -0.2) is 9.97 Å². The third-order valence-corrected chi connectivity index (χ3v) is 6.32. The third kappa shape index (κ3) is 2.00. The molecule has 24 heavy (non-hydrogen) atoms. The summed E-state index contributed by atoms with van der Waals surface area (Å²) in [6.07, 6.45) is 6.82. The van der Waals surface area contributed by atoms with Crippen LogP contribution in [-0.4, -0.2) is 43.5 Å². The highest BCUT2D eigenvalue weighted by molar-refractivity contribution is 7.19. The fourth-order valence-electron chi connectivity index (χ4n) is 3.91. The average molecular weight is 341 g/mol. The van der Waals surface area contributed by atoms with Gasteiger partial charge in [0.25, 0.3) is 5.91 Å². The molecule has 1 saturated heterocycles. The molecule has 1 aliphatic carbocycles. The lowest BCUT2D eigenvalue weighted by Crippen LogP contribution is -2.28. The minimum atomic E-state index is -0.0483. The van der Waals surface area contributed by atoms with Gasteiger partial charge in [-0.2, -0.15) is 4.52 Å². The Morgan fingerprint density at radius 1 is 1.08 bits per heavy atom. The molecule has 5 rings (SSSR count). The van der Waals surface area contributed by atoms with E-state index in [4.69, 9.17) is 4.98 Å². The van der Waals surface area contributed by atoms with Crippen molar-refractivity contribution in [2.24, 2.45) is 0 Å². The number of aromatic nitrogens is 4. The standard InChI is InChI=1S/C17H19N5OS/c1-10-18-16-13(11-6-2-3-7-12(11)24-16)15-19-14(20-22(10)15)17(23)21-8-4-5-9-21/h2-9H2,1H3. The molecule has 1 amide bonds. The molecule has 0 spiro atoms. The summed E-state index contributed by atoms with van der Waals surface area (Å²) in [5, 5.41) is 5.61. The summed E-state index contributed by atoms with van der Waals surface area (Å²) >= 11 is 1.78. The fourth-order valence-corrected chi connectivity index (χ4v) is 5.21. The molecule has 3 aromatic rings. The zero-order valence-corrected chi connectivity index (χ0v) is 14.5. The maximum absolute atomic E-state index is 12.7. The van der Waals surface area contributed by atoms with Crippen molar-refractivity contribution in [3.63, 3.8) is 0 Å². The average Bonchev–Trinajstić information content (AvgIpc) is 3.31. The molecule has 3 aromatic heterocycles. The van der Waals surface area contributed by atoms with Crippen LogP contribution in [0.5, 0.6) is 0 Å². The van der Waals surface area contributed by atoms with E-state index in [1.165, 1.54) is 23.3 Å². The lowest BCUT2D eigenvalue weighted by molar-refractivity contribution is 0.0781. The lowest BCUT2D eigenvalue weighted by Gasteiger charge is -2.11. The summed E-state index contributed by atoms with van der Waals surface area (Å²) < 4.78 is 1.76. The number of aryl methyl sites for hydroxylation is 3. The van der Waals surface area contributed by atoms with Crippen molar-refractivity contribution in [2.75, 3.05) is 13.1 Å². The zero-order chi connectivity index (χ0) is 16.3. The second-order valence-corrected chi connectivity index (χ2v) is 7.80. The number of carbonyl (C=O) groups is 1. The Balaban J connectivity index is 1.72. The summed E-state index contributed by atoms with van der Waals surface area (Å²) in [6, 6.07) is 0. The molecule has 4 heterocycles. The van der Waals surface area contributed by atoms with Crippen molar-refractivity contribution >= 4 is 33.1 Å². The van der Waals surface area contributed by atoms with Crippen LogP contribution in [0, 0.1) is 6.92 Å². The van der Waals surface area contributed by atoms with Gasteiger partial charge in [-0.3, -0.25) is 4.79 Å². The first kappa shape index (κ1) is 14.3. The number of hydrogen-bond donors (Lipinski definition) is 0. The van der Waals surface area contributed by atoms with E-state index in [1.807, 2.05) is 11.8 Å². The van der Waals surface area contributed by atoms with Gasteiger partial charge in [0.05, 0.1) is 5.39 Å². The monoisotopic (exact) mass is 341 g/mol. The summed E-state index contributed by atoms with van der Waals surface area (Å²) in [7, 11) is 0. The molecule has 0 atom stereocenters. The van der Waals surface area contributed by atoms with E-state index in [0.29, 0.717) is 5.82 Å². The Hall–Kier alpha value is -2.02. The van der Waals surface area contributed by atoms with Gasteiger partial charge in [0.2, 0.25) is 5.82 Å². The Morgan fingerprint density at radius 3 is 2.71 bits per heavy atom. The number of thiophene rings is 1. The van der Waals surface area contributed by atoms with Gasteiger partial charge >= 0.3 is 0 Å². The molecular weight excluding hydrogens is 322 g/mol. The summed E-state index contributed by atoms with van der Waals surface area (Å²) in [6.45, 7) is 3.56. The molecule has 1 fully saturated rings. The first-order valence-corrected chi connectivity index (χ1v) is 9.51. The lowest BCUT2D eigenvalue weighted by atomic mass is 9.97. The van der Waals surface area contributed by atoms with Crippen LogP contribution in [0.2, 0.25) is 0 Å². The summed E-state index contributed by atoms with van der Waals surface area (Å²) in [5.41, 5.74) is 2.19. The number of rotatable bonds is 1. The maximum Gasteiger partial charge on any atom is 0.293 e. The molecular formula is C17H19N5OS. The molecule has 0 bridgehead atoms. The van der Waals surface area contributed by atoms with Gasteiger partial charge in [-0.05, 0) is 51.0 Å². The topological polar surface area (TPSA) is 63.4 Å². The molecule has 0 N–H and O–H groups in total. The zero-order valence-electron chi connectivity index (χ0n) is 13.7. The molecule has 7 heteroatoms. The number of nitrogens with zero attached hydrogens (tertiary/aromatic N) is 5. The van der Waals surface area contributed by atoms with Gasteiger partial charge < -0.3 is 4.90 Å². The number of amides is 1. The van der Waals surface area contributed by atoms with E-state index in [2.05, 4.69) is 10.1 Å². The Morgan fingerprint density at radius 2 is 1.88 bits per heavy atom. The largest absolute Gasteiger partial charge is 0.336 e. The van der Waals surface area contributed by atoms with Crippen molar-refractivity contribution in [1.29, 1.82) is 0 Å². The van der Waals surface area contributed by atoms with Crippen LogP contribution >= 0.6 is 11.3 Å². The first-order valence-electron chi connectivity index (χ1n) is 8.69. The van der Waals surface area contributed by atoms with Gasteiger partial charge in [0.1, 0.15) is 10.7 Å². The van der Waals surface area contributed by atoms with Gasteiger partial charge in [0.15, 0.2) is 5.65 Å². The highest BCUT2D eigenvalue weighted by Crippen LogP contribution is 2.37. The van der Waals surface area contributed by atoms with Crippen molar-refractivity contribution in [3.05, 3.63) is 22.1 Å². The summed E-state index contributed by atoms with van der Waals surface area (Å²) in [5.74, 6) is 1.06. The molecule has 0 aromatic carbocycles. The highest BCUT2D eigenvalue weighted by Gasteiger charge is 2.26. The normalized spacial score (nSPS) is 17.8. The second kappa shape index (κ2) is 5.24. The number of fused-ring (bicyclic) bond motifs is 5. The maximum atomic E-state index is 12.7. The van der Waals surface area contributed by atoms with Crippen molar-refractivity contribution in [1.82, 2.24) is 24.5 Å². The van der Waals surface area contributed by atoms with Crippen LogP contribution in [0.15, 0.2) is 0 Å². The minimum absolute atomic E-state index is 0.0483.